The minimum absolute atomic E-state index is 0.208. The number of carbonyl (C=O) groups excluding carboxylic acids is 1. The van der Waals surface area contributed by atoms with Crippen LogP contribution in [0.2, 0.25) is 0 Å². The maximum Gasteiger partial charge on any atom is 0.205 e. The Hall–Kier alpha value is -2.80. The zero-order valence-corrected chi connectivity index (χ0v) is 16.1. The number of nitrogens with zero attached hydrogens (tertiary/aromatic N) is 1. The maximum atomic E-state index is 13.1. The zero-order chi connectivity index (χ0) is 19.0. The quantitative estimate of drug-likeness (QED) is 0.687. The number of pyridine rings is 1. The number of carbonyl (C=O) groups is 1. The number of methoxy groups -OCH3 is 3. The summed E-state index contributed by atoms with van der Waals surface area (Å²) in [7, 11) is 4.53. The number of anilines is 1. The molecule has 3 rings (SSSR count). The fourth-order valence-electron chi connectivity index (χ4n) is 2.74. The van der Waals surface area contributed by atoms with Crippen LogP contribution in [0.3, 0.4) is 0 Å². The Morgan fingerprint density at radius 3 is 2.19 bits per heavy atom. The normalized spacial score (nSPS) is 10.8. The number of hydrogen-bond acceptors (Lipinski definition) is 7. The van der Waals surface area contributed by atoms with E-state index in [2.05, 4.69) is 4.98 Å². The Bertz CT molecular complexity index is 985. The second-order valence-electron chi connectivity index (χ2n) is 5.83. The molecule has 0 aliphatic heterocycles. The summed E-state index contributed by atoms with van der Waals surface area (Å²) in [6, 6.07) is 5.21. The van der Waals surface area contributed by atoms with Crippen LogP contribution in [0, 0.1) is 13.8 Å². The number of ketones is 1. The highest BCUT2D eigenvalue weighted by Crippen LogP contribution is 2.40. The van der Waals surface area contributed by atoms with Gasteiger partial charge in [-0.25, -0.2) is 4.98 Å². The summed E-state index contributed by atoms with van der Waals surface area (Å²) < 4.78 is 16.0. The second kappa shape index (κ2) is 6.84. The smallest absolute Gasteiger partial charge is 0.205 e. The molecule has 0 unspecified atom stereocenters. The lowest BCUT2D eigenvalue weighted by atomic mass is 10.1. The van der Waals surface area contributed by atoms with Gasteiger partial charge in [0.05, 0.1) is 27.0 Å². The first-order valence-corrected chi connectivity index (χ1v) is 8.73. The molecule has 2 heterocycles. The topological polar surface area (TPSA) is 83.7 Å². The minimum Gasteiger partial charge on any atom is -0.493 e. The molecule has 0 bridgehead atoms. The lowest BCUT2D eigenvalue weighted by molar-refractivity contribution is 0.104. The van der Waals surface area contributed by atoms with E-state index in [4.69, 9.17) is 19.9 Å². The van der Waals surface area contributed by atoms with Gasteiger partial charge in [0, 0.05) is 16.6 Å². The molecular formula is C19H20N2O4S. The highest BCUT2D eigenvalue weighted by molar-refractivity contribution is 7.21. The van der Waals surface area contributed by atoms with Gasteiger partial charge in [-0.1, -0.05) is 0 Å². The number of thiophene rings is 1. The Labute approximate surface area is 155 Å². The van der Waals surface area contributed by atoms with Gasteiger partial charge in [0.25, 0.3) is 0 Å². The van der Waals surface area contributed by atoms with Gasteiger partial charge < -0.3 is 19.9 Å². The molecule has 136 valence electrons. The van der Waals surface area contributed by atoms with Gasteiger partial charge in [-0.3, -0.25) is 4.79 Å². The van der Waals surface area contributed by atoms with E-state index in [9.17, 15) is 4.79 Å². The summed E-state index contributed by atoms with van der Waals surface area (Å²) in [4.78, 5) is 18.8. The van der Waals surface area contributed by atoms with Gasteiger partial charge in [0.15, 0.2) is 11.5 Å². The summed E-state index contributed by atoms with van der Waals surface area (Å²) in [5.74, 6) is 1.06. The van der Waals surface area contributed by atoms with Crippen LogP contribution in [-0.4, -0.2) is 32.1 Å². The highest BCUT2D eigenvalue weighted by atomic mass is 32.1. The van der Waals surface area contributed by atoms with E-state index >= 15 is 0 Å². The van der Waals surface area contributed by atoms with Gasteiger partial charge in [0.2, 0.25) is 11.5 Å². The van der Waals surface area contributed by atoms with Crippen molar-refractivity contribution < 1.29 is 19.0 Å². The number of aromatic nitrogens is 1. The third kappa shape index (κ3) is 2.84. The van der Waals surface area contributed by atoms with Crippen LogP contribution in [-0.2, 0) is 0 Å². The number of benzene rings is 1. The molecule has 0 aliphatic rings. The van der Waals surface area contributed by atoms with Crippen molar-refractivity contribution in [3.8, 4) is 17.2 Å². The molecule has 0 spiro atoms. The van der Waals surface area contributed by atoms with E-state index in [1.54, 1.807) is 12.1 Å². The monoisotopic (exact) mass is 372 g/mol. The molecule has 6 nitrogen and oxygen atoms in total. The molecule has 0 radical (unpaired) electrons. The fraction of sp³-hybridized carbons (Fsp3) is 0.263. The van der Waals surface area contributed by atoms with Crippen molar-refractivity contribution in [3.63, 3.8) is 0 Å². The Balaban J connectivity index is 2.15. The Morgan fingerprint density at radius 2 is 1.65 bits per heavy atom. The Kier molecular flexibility index (Phi) is 4.73. The number of nitrogens with two attached hydrogens (primary N) is 1. The third-order valence-corrected chi connectivity index (χ3v) is 5.41. The molecule has 0 amide bonds. The maximum absolute atomic E-state index is 13.1. The van der Waals surface area contributed by atoms with Crippen LogP contribution >= 0.6 is 11.3 Å². The minimum atomic E-state index is -0.208. The van der Waals surface area contributed by atoms with Crippen molar-refractivity contribution >= 4 is 33.0 Å². The first kappa shape index (κ1) is 18.0. The standard InChI is InChI=1S/C19H20N2O4S/c1-9-6-12-15(20)18(26-19(12)21-10(9)2)16(22)11-7-13(23-3)17(25-5)14(8-11)24-4/h6-8H,20H2,1-5H3. The van der Waals surface area contributed by atoms with Crippen LogP contribution in [0.4, 0.5) is 5.69 Å². The molecule has 0 aliphatic carbocycles. The average Bonchev–Trinajstić information content (AvgIpc) is 2.96. The molecule has 7 heteroatoms. The lowest BCUT2D eigenvalue weighted by Gasteiger charge is -2.13. The molecule has 1 aromatic carbocycles. The van der Waals surface area contributed by atoms with Crippen molar-refractivity contribution in [2.24, 2.45) is 0 Å². The van der Waals surface area contributed by atoms with Crippen LogP contribution in [0.25, 0.3) is 10.2 Å². The summed E-state index contributed by atoms with van der Waals surface area (Å²) in [5.41, 5.74) is 9.07. The van der Waals surface area contributed by atoms with Crippen LogP contribution in [0.1, 0.15) is 26.5 Å². The molecule has 0 saturated carbocycles. The average molecular weight is 372 g/mol. The Morgan fingerprint density at radius 1 is 1.04 bits per heavy atom. The van der Waals surface area contributed by atoms with E-state index in [-0.39, 0.29) is 5.78 Å². The number of nitrogen functional groups attached to an aromatic ring is 1. The van der Waals surface area contributed by atoms with Gasteiger partial charge in [-0.2, -0.15) is 0 Å². The number of hydrogen-bond donors (Lipinski definition) is 1. The molecule has 2 N–H and O–H groups in total. The first-order valence-electron chi connectivity index (χ1n) is 7.92. The molecule has 0 fully saturated rings. The van der Waals surface area contributed by atoms with Gasteiger partial charge >= 0.3 is 0 Å². The van der Waals surface area contributed by atoms with E-state index in [1.807, 2.05) is 19.9 Å². The molecule has 2 aromatic heterocycles. The highest BCUT2D eigenvalue weighted by Gasteiger charge is 2.23. The van der Waals surface area contributed by atoms with Crippen LogP contribution in [0.5, 0.6) is 17.2 Å². The van der Waals surface area contributed by atoms with Crippen molar-refractivity contribution in [3.05, 3.63) is 39.9 Å². The summed E-state index contributed by atoms with van der Waals surface area (Å²) in [6.45, 7) is 3.91. The largest absolute Gasteiger partial charge is 0.493 e. The van der Waals surface area contributed by atoms with Crippen molar-refractivity contribution in [1.82, 2.24) is 4.98 Å². The summed E-state index contributed by atoms with van der Waals surface area (Å²) in [5, 5.41) is 0.800. The molecular weight excluding hydrogens is 352 g/mol. The van der Waals surface area contributed by atoms with E-state index in [0.29, 0.717) is 33.4 Å². The second-order valence-corrected chi connectivity index (χ2v) is 6.83. The van der Waals surface area contributed by atoms with E-state index in [1.165, 1.54) is 32.7 Å². The molecule has 26 heavy (non-hydrogen) atoms. The first-order chi connectivity index (χ1) is 12.4. The van der Waals surface area contributed by atoms with Crippen LogP contribution in [0.15, 0.2) is 18.2 Å². The van der Waals surface area contributed by atoms with Gasteiger partial charge in [-0.05, 0) is 37.6 Å². The SMILES string of the molecule is COc1cc(C(=O)c2sc3nc(C)c(C)cc3c2N)cc(OC)c1OC. The molecule has 3 aromatic rings. The van der Waals surface area contributed by atoms with Crippen molar-refractivity contribution in [2.45, 2.75) is 13.8 Å². The van der Waals surface area contributed by atoms with E-state index < -0.39 is 0 Å². The lowest BCUT2D eigenvalue weighted by Crippen LogP contribution is -2.04. The van der Waals surface area contributed by atoms with Crippen molar-refractivity contribution in [1.29, 1.82) is 0 Å². The number of aryl methyl sites for hydroxylation is 2. The van der Waals surface area contributed by atoms with Gasteiger partial charge in [-0.15, -0.1) is 11.3 Å². The number of fused-ring (bicyclic) bond motifs is 1. The third-order valence-electron chi connectivity index (χ3n) is 4.30. The van der Waals surface area contributed by atoms with E-state index in [0.717, 1.165) is 21.5 Å². The fourth-order valence-corrected chi connectivity index (χ4v) is 3.83. The number of ether oxygens (including phenoxy) is 3. The predicted octanol–water partition coefficient (Wildman–Crippen LogP) is 3.75. The van der Waals surface area contributed by atoms with Crippen LogP contribution < -0.4 is 19.9 Å². The summed E-state index contributed by atoms with van der Waals surface area (Å²) in [6.07, 6.45) is 0. The molecule has 0 saturated heterocycles. The number of rotatable bonds is 5. The molecule has 0 atom stereocenters. The zero-order valence-electron chi connectivity index (χ0n) is 15.3. The van der Waals surface area contributed by atoms with Crippen molar-refractivity contribution in [2.75, 3.05) is 27.1 Å². The van der Waals surface area contributed by atoms with Gasteiger partial charge in [0.1, 0.15) is 9.71 Å². The predicted molar refractivity (Wildman–Crippen MR) is 103 cm³/mol. The summed E-state index contributed by atoms with van der Waals surface area (Å²) >= 11 is 1.29.